The average molecular weight is 235 g/mol. The fraction of sp³-hybridized carbons (Fsp3) is 0.571. The predicted molar refractivity (Wildman–Crippen MR) is 67.9 cm³/mol. The number of morpholine rings is 1. The monoisotopic (exact) mass is 235 g/mol. The Morgan fingerprint density at radius 3 is 2.94 bits per heavy atom. The lowest BCUT2D eigenvalue weighted by atomic mass is 10.0. The van der Waals surface area contributed by atoms with E-state index in [2.05, 4.69) is 43.4 Å². The third-order valence-corrected chi connectivity index (χ3v) is 3.34. The molecule has 1 heterocycles. The Morgan fingerprint density at radius 2 is 2.24 bits per heavy atom. The molecule has 3 heteroatoms. The van der Waals surface area contributed by atoms with Gasteiger partial charge in [0.25, 0.3) is 0 Å². The van der Waals surface area contributed by atoms with Crippen LogP contribution >= 0.6 is 0 Å². The standard InChI is InChI=1S/C14H21NO2/c1-10-11(2)17-14(8-15-10)13-6-4-5-12(7-13)9-16-3/h4-7,10-11,14-15H,8-9H2,1-3H3. The zero-order chi connectivity index (χ0) is 12.3. The summed E-state index contributed by atoms with van der Waals surface area (Å²) in [5, 5.41) is 3.48. The minimum Gasteiger partial charge on any atom is -0.380 e. The third kappa shape index (κ3) is 3.06. The van der Waals surface area contributed by atoms with Crippen LogP contribution in [0.4, 0.5) is 0 Å². The van der Waals surface area contributed by atoms with Gasteiger partial charge in [-0.3, -0.25) is 0 Å². The first kappa shape index (κ1) is 12.6. The number of hydrogen-bond donors (Lipinski definition) is 1. The van der Waals surface area contributed by atoms with Crippen molar-refractivity contribution in [3.63, 3.8) is 0 Å². The summed E-state index contributed by atoms with van der Waals surface area (Å²) in [6.07, 6.45) is 0.401. The number of rotatable bonds is 3. The Morgan fingerprint density at radius 1 is 1.41 bits per heavy atom. The molecule has 0 saturated carbocycles. The summed E-state index contributed by atoms with van der Waals surface area (Å²) in [6.45, 7) is 5.80. The Labute approximate surface area is 103 Å². The van der Waals surface area contributed by atoms with Crippen molar-refractivity contribution in [3.8, 4) is 0 Å². The van der Waals surface area contributed by atoms with Gasteiger partial charge < -0.3 is 14.8 Å². The smallest absolute Gasteiger partial charge is 0.0953 e. The van der Waals surface area contributed by atoms with Crippen LogP contribution in [0.2, 0.25) is 0 Å². The van der Waals surface area contributed by atoms with E-state index in [1.165, 1.54) is 11.1 Å². The summed E-state index contributed by atoms with van der Waals surface area (Å²) in [4.78, 5) is 0. The van der Waals surface area contributed by atoms with Gasteiger partial charge in [0.05, 0.1) is 18.8 Å². The second kappa shape index (κ2) is 5.63. The van der Waals surface area contributed by atoms with Crippen molar-refractivity contribution in [1.29, 1.82) is 0 Å². The van der Waals surface area contributed by atoms with Crippen LogP contribution in [0.5, 0.6) is 0 Å². The van der Waals surface area contributed by atoms with Gasteiger partial charge in [-0.2, -0.15) is 0 Å². The Hall–Kier alpha value is -0.900. The van der Waals surface area contributed by atoms with Crippen molar-refractivity contribution in [2.45, 2.75) is 38.7 Å². The van der Waals surface area contributed by atoms with Crippen molar-refractivity contribution >= 4 is 0 Å². The maximum atomic E-state index is 6.01. The second-order valence-electron chi connectivity index (χ2n) is 4.70. The molecule has 0 radical (unpaired) electrons. The summed E-state index contributed by atoms with van der Waals surface area (Å²) in [5.74, 6) is 0. The molecule has 1 aromatic carbocycles. The van der Waals surface area contributed by atoms with Crippen LogP contribution in [0.1, 0.15) is 31.1 Å². The van der Waals surface area contributed by atoms with E-state index < -0.39 is 0 Å². The van der Waals surface area contributed by atoms with E-state index in [1.807, 2.05) is 0 Å². The highest BCUT2D eigenvalue weighted by Crippen LogP contribution is 2.24. The maximum absolute atomic E-state index is 6.01. The van der Waals surface area contributed by atoms with Gasteiger partial charge in [-0.05, 0) is 25.0 Å². The highest BCUT2D eigenvalue weighted by Gasteiger charge is 2.25. The van der Waals surface area contributed by atoms with E-state index in [4.69, 9.17) is 9.47 Å². The molecular formula is C14H21NO2. The molecule has 0 spiro atoms. The molecule has 3 nitrogen and oxygen atoms in total. The number of ether oxygens (including phenoxy) is 2. The van der Waals surface area contributed by atoms with E-state index >= 15 is 0 Å². The summed E-state index contributed by atoms with van der Waals surface area (Å²) in [6, 6.07) is 8.85. The topological polar surface area (TPSA) is 30.5 Å². The lowest BCUT2D eigenvalue weighted by Gasteiger charge is -2.34. The summed E-state index contributed by atoms with van der Waals surface area (Å²) in [5.41, 5.74) is 2.42. The van der Waals surface area contributed by atoms with Gasteiger partial charge in [-0.25, -0.2) is 0 Å². The summed E-state index contributed by atoms with van der Waals surface area (Å²) < 4.78 is 11.2. The SMILES string of the molecule is COCc1cccc(C2CNC(C)C(C)O2)c1. The molecule has 1 aliphatic heterocycles. The maximum Gasteiger partial charge on any atom is 0.0953 e. The van der Waals surface area contributed by atoms with Gasteiger partial charge >= 0.3 is 0 Å². The van der Waals surface area contributed by atoms with E-state index in [0.29, 0.717) is 12.6 Å². The summed E-state index contributed by atoms with van der Waals surface area (Å²) >= 11 is 0. The molecule has 94 valence electrons. The van der Waals surface area contributed by atoms with E-state index in [9.17, 15) is 0 Å². The van der Waals surface area contributed by atoms with Crippen molar-refractivity contribution in [2.75, 3.05) is 13.7 Å². The molecule has 2 rings (SSSR count). The van der Waals surface area contributed by atoms with Crippen molar-refractivity contribution < 1.29 is 9.47 Å². The molecule has 3 unspecified atom stereocenters. The molecule has 0 bridgehead atoms. The van der Waals surface area contributed by atoms with Crippen LogP contribution in [0.25, 0.3) is 0 Å². The molecule has 0 aliphatic carbocycles. The second-order valence-corrected chi connectivity index (χ2v) is 4.70. The van der Waals surface area contributed by atoms with Crippen LogP contribution in [-0.4, -0.2) is 25.8 Å². The Kier molecular flexibility index (Phi) is 4.15. The zero-order valence-corrected chi connectivity index (χ0v) is 10.8. The minimum absolute atomic E-state index is 0.151. The first-order valence-electron chi connectivity index (χ1n) is 6.17. The van der Waals surface area contributed by atoms with E-state index in [1.54, 1.807) is 7.11 Å². The van der Waals surface area contributed by atoms with Crippen LogP contribution in [-0.2, 0) is 16.1 Å². The molecular weight excluding hydrogens is 214 g/mol. The largest absolute Gasteiger partial charge is 0.380 e. The number of methoxy groups -OCH3 is 1. The van der Waals surface area contributed by atoms with Gasteiger partial charge in [0, 0.05) is 19.7 Å². The van der Waals surface area contributed by atoms with Crippen LogP contribution in [0, 0.1) is 0 Å². The predicted octanol–water partition coefficient (Wildman–Crippen LogP) is 2.27. The molecule has 1 aliphatic rings. The first-order valence-corrected chi connectivity index (χ1v) is 6.17. The molecule has 0 aromatic heterocycles. The number of nitrogens with one attached hydrogen (secondary N) is 1. The van der Waals surface area contributed by atoms with E-state index in [0.717, 1.165) is 6.54 Å². The molecule has 0 amide bonds. The molecule has 17 heavy (non-hydrogen) atoms. The normalized spacial score (nSPS) is 29.2. The van der Waals surface area contributed by atoms with E-state index in [-0.39, 0.29) is 12.2 Å². The van der Waals surface area contributed by atoms with Crippen LogP contribution in [0.3, 0.4) is 0 Å². The fourth-order valence-corrected chi connectivity index (χ4v) is 2.13. The van der Waals surface area contributed by atoms with Gasteiger partial charge in [0.15, 0.2) is 0 Å². The summed E-state index contributed by atoms with van der Waals surface area (Å²) in [7, 11) is 1.72. The number of benzene rings is 1. The van der Waals surface area contributed by atoms with Gasteiger partial charge in [-0.15, -0.1) is 0 Å². The van der Waals surface area contributed by atoms with Crippen LogP contribution in [0.15, 0.2) is 24.3 Å². The lowest BCUT2D eigenvalue weighted by molar-refractivity contribution is -0.0509. The molecule has 1 saturated heterocycles. The van der Waals surface area contributed by atoms with Crippen molar-refractivity contribution in [2.24, 2.45) is 0 Å². The zero-order valence-electron chi connectivity index (χ0n) is 10.8. The third-order valence-electron chi connectivity index (χ3n) is 3.34. The molecule has 3 atom stereocenters. The number of hydrogen-bond acceptors (Lipinski definition) is 3. The fourth-order valence-electron chi connectivity index (χ4n) is 2.13. The Balaban J connectivity index is 2.09. The molecule has 1 aromatic rings. The highest BCUT2D eigenvalue weighted by molar-refractivity contribution is 5.25. The van der Waals surface area contributed by atoms with Gasteiger partial charge in [0.2, 0.25) is 0 Å². The lowest BCUT2D eigenvalue weighted by Crippen LogP contribution is -2.46. The highest BCUT2D eigenvalue weighted by atomic mass is 16.5. The minimum atomic E-state index is 0.151. The van der Waals surface area contributed by atoms with Gasteiger partial charge in [-0.1, -0.05) is 24.3 Å². The van der Waals surface area contributed by atoms with Crippen molar-refractivity contribution in [3.05, 3.63) is 35.4 Å². The molecule has 1 fully saturated rings. The quantitative estimate of drug-likeness (QED) is 0.871. The first-order chi connectivity index (χ1) is 8.20. The van der Waals surface area contributed by atoms with Crippen LogP contribution < -0.4 is 5.32 Å². The van der Waals surface area contributed by atoms with Crippen molar-refractivity contribution in [1.82, 2.24) is 5.32 Å². The average Bonchev–Trinajstić information content (AvgIpc) is 2.33. The van der Waals surface area contributed by atoms with Gasteiger partial charge in [0.1, 0.15) is 0 Å². The molecule has 1 N–H and O–H groups in total. The Bertz CT molecular complexity index is 367.